The normalized spacial score (nSPS) is 18.7. The Morgan fingerprint density at radius 3 is 2.76 bits per heavy atom. The van der Waals surface area contributed by atoms with Crippen LogP contribution in [-0.4, -0.2) is 31.0 Å². The van der Waals surface area contributed by atoms with Gasteiger partial charge < -0.3 is 10.1 Å². The van der Waals surface area contributed by atoms with Crippen molar-refractivity contribution in [2.24, 2.45) is 5.41 Å². The first-order chi connectivity index (χ1) is 8.15. The molecule has 1 aromatic heterocycles. The fourth-order valence-corrected chi connectivity index (χ4v) is 2.21. The van der Waals surface area contributed by atoms with Crippen molar-refractivity contribution in [2.75, 3.05) is 20.2 Å². The van der Waals surface area contributed by atoms with Crippen LogP contribution in [-0.2, 0) is 0 Å². The fraction of sp³-hybridized carbons (Fsp3) is 0.538. The number of ether oxygens (including phenoxy) is 1. The maximum absolute atomic E-state index is 12.5. The number of aromatic nitrogens is 1. The van der Waals surface area contributed by atoms with Crippen molar-refractivity contribution in [3.05, 3.63) is 24.0 Å². The average molecular weight is 234 g/mol. The van der Waals surface area contributed by atoms with E-state index in [0.717, 1.165) is 25.9 Å². The first-order valence-corrected chi connectivity index (χ1v) is 5.90. The molecular formula is C13H18N2O2. The molecule has 4 heteroatoms. The lowest BCUT2D eigenvalue weighted by Crippen LogP contribution is -2.40. The number of rotatable bonds is 3. The summed E-state index contributed by atoms with van der Waals surface area (Å²) in [7, 11) is 1.58. The van der Waals surface area contributed by atoms with Crippen molar-refractivity contribution < 1.29 is 9.53 Å². The van der Waals surface area contributed by atoms with Crippen LogP contribution in [0.3, 0.4) is 0 Å². The highest BCUT2D eigenvalue weighted by Gasteiger charge is 2.35. The lowest BCUT2D eigenvalue weighted by molar-refractivity contribution is 0.0761. The summed E-state index contributed by atoms with van der Waals surface area (Å²) in [5.74, 6) is 0.804. The molecule has 0 amide bonds. The van der Waals surface area contributed by atoms with E-state index in [1.165, 1.54) is 0 Å². The van der Waals surface area contributed by atoms with E-state index in [-0.39, 0.29) is 11.2 Å². The summed E-state index contributed by atoms with van der Waals surface area (Å²) in [5, 5.41) is 3.28. The van der Waals surface area contributed by atoms with E-state index in [1.807, 2.05) is 6.92 Å². The third-order valence-corrected chi connectivity index (χ3v) is 3.47. The number of nitrogens with one attached hydrogen (secondary N) is 1. The van der Waals surface area contributed by atoms with Gasteiger partial charge in [-0.3, -0.25) is 9.78 Å². The van der Waals surface area contributed by atoms with Crippen LogP contribution >= 0.6 is 0 Å². The number of ketones is 1. The summed E-state index contributed by atoms with van der Waals surface area (Å²) in [6, 6.07) is 1.77. The standard InChI is InChI=1S/C13H18N2O2/c1-13(3-5-14-6-4-13)12(16)10-7-11(17-2)9-15-8-10/h7-9,14H,3-6H2,1-2H3. The van der Waals surface area contributed by atoms with Gasteiger partial charge >= 0.3 is 0 Å². The van der Waals surface area contributed by atoms with Gasteiger partial charge in [0.2, 0.25) is 0 Å². The number of methoxy groups -OCH3 is 1. The van der Waals surface area contributed by atoms with Gasteiger partial charge in [-0.05, 0) is 32.0 Å². The second-order valence-electron chi connectivity index (χ2n) is 4.75. The van der Waals surface area contributed by atoms with Gasteiger partial charge in [0, 0.05) is 17.2 Å². The Hall–Kier alpha value is -1.42. The van der Waals surface area contributed by atoms with Crippen LogP contribution in [0.5, 0.6) is 5.75 Å². The van der Waals surface area contributed by atoms with Crippen molar-refractivity contribution in [1.82, 2.24) is 10.3 Å². The van der Waals surface area contributed by atoms with E-state index < -0.39 is 0 Å². The van der Waals surface area contributed by atoms with Crippen LogP contribution in [0.1, 0.15) is 30.1 Å². The molecule has 0 spiro atoms. The van der Waals surface area contributed by atoms with Crippen LogP contribution in [0, 0.1) is 5.41 Å². The first-order valence-electron chi connectivity index (χ1n) is 5.90. The summed E-state index contributed by atoms with van der Waals surface area (Å²) in [5.41, 5.74) is 0.382. The second kappa shape index (κ2) is 4.84. The van der Waals surface area contributed by atoms with E-state index in [2.05, 4.69) is 10.3 Å². The Morgan fingerprint density at radius 1 is 1.41 bits per heavy atom. The van der Waals surface area contributed by atoms with Gasteiger partial charge in [0.05, 0.1) is 13.3 Å². The monoisotopic (exact) mass is 234 g/mol. The molecule has 0 saturated carbocycles. The SMILES string of the molecule is COc1cncc(C(=O)C2(C)CCNCC2)c1. The summed E-state index contributed by atoms with van der Waals surface area (Å²) in [6.45, 7) is 3.84. The lowest BCUT2D eigenvalue weighted by Gasteiger charge is -2.32. The molecule has 2 heterocycles. The smallest absolute Gasteiger partial charge is 0.170 e. The average Bonchev–Trinajstić information content (AvgIpc) is 2.39. The topological polar surface area (TPSA) is 51.2 Å². The van der Waals surface area contributed by atoms with Crippen LogP contribution in [0.4, 0.5) is 0 Å². The summed E-state index contributed by atoms with van der Waals surface area (Å²) in [6.07, 6.45) is 4.99. The zero-order valence-electron chi connectivity index (χ0n) is 10.3. The molecule has 1 aromatic rings. The summed E-state index contributed by atoms with van der Waals surface area (Å²) >= 11 is 0. The number of hydrogen-bond donors (Lipinski definition) is 1. The molecular weight excluding hydrogens is 216 g/mol. The van der Waals surface area contributed by atoms with E-state index in [9.17, 15) is 4.79 Å². The predicted molar refractivity (Wildman–Crippen MR) is 65.3 cm³/mol. The number of carbonyl (C=O) groups is 1. The third kappa shape index (κ3) is 2.47. The van der Waals surface area contributed by atoms with Gasteiger partial charge in [0.15, 0.2) is 5.78 Å². The van der Waals surface area contributed by atoms with Gasteiger partial charge in [0.1, 0.15) is 5.75 Å². The molecule has 0 radical (unpaired) electrons. The summed E-state index contributed by atoms with van der Waals surface area (Å²) in [4.78, 5) is 16.5. The van der Waals surface area contributed by atoms with Crippen molar-refractivity contribution in [1.29, 1.82) is 0 Å². The number of piperidine rings is 1. The molecule has 0 bridgehead atoms. The third-order valence-electron chi connectivity index (χ3n) is 3.47. The Balaban J connectivity index is 2.23. The molecule has 1 saturated heterocycles. The number of hydrogen-bond acceptors (Lipinski definition) is 4. The molecule has 1 N–H and O–H groups in total. The Kier molecular flexibility index (Phi) is 3.43. The zero-order chi connectivity index (χ0) is 12.3. The maximum atomic E-state index is 12.5. The van der Waals surface area contributed by atoms with Crippen molar-refractivity contribution >= 4 is 5.78 Å². The highest BCUT2D eigenvalue weighted by molar-refractivity contribution is 6.00. The lowest BCUT2D eigenvalue weighted by atomic mass is 9.75. The molecule has 0 aliphatic carbocycles. The highest BCUT2D eigenvalue weighted by atomic mass is 16.5. The second-order valence-corrected chi connectivity index (χ2v) is 4.75. The largest absolute Gasteiger partial charge is 0.495 e. The van der Waals surface area contributed by atoms with Gasteiger partial charge in [-0.2, -0.15) is 0 Å². The van der Waals surface area contributed by atoms with E-state index in [0.29, 0.717) is 11.3 Å². The maximum Gasteiger partial charge on any atom is 0.170 e. The molecule has 17 heavy (non-hydrogen) atoms. The molecule has 0 aromatic carbocycles. The minimum atomic E-state index is -0.265. The Labute approximate surface area is 101 Å². The zero-order valence-corrected chi connectivity index (χ0v) is 10.3. The van der Waals surface area contributed by atoms with E-state index >= 15 is 0 Å². The quantitative estimate of drug-likeness (QED) is 0.808. The number of Topliss-reactive ketones (excluding diaryl/α,β-unsaturated/α-hetero) is 1. The first kappa shape index (κ1) is 12.0. The molecule has 4 nitrogen and oxygen atoms in total. The number of nitrogens with zero attached hydrogens (tertiary/aromatic N) is 1. The number of carbonyl (C=O) groups excluding carboxylic acids is 1. The highest BCUT2D eigenvalue weighted by Crippen LogP contribution is 2.32. The predicted octanol–water partition coefficient (Wildman–Crippen LogP) is 1.66. The molecule has 0 atom stereocenters. The minimum absolute atomic E-state index is 0.172. The minimum Gasteiger partial charge on any atom is -0.495 e. The van der Waals surface area contributed by atoms with Gasteiger partial charge in [-0.1, -0.05) is 6.92 Å². The molecule has 2 rings (SSSR count). The van der Waals surface area contributed by atoms with Crippen LogP contribution in [0.15, 0.2) is 18.5 Å². The van der Waals surface area contributed by atoms with Gasteiger partial charge in [-0.25, -0.2) is 0 Å². The van der Waals surface area contributed by atoms with Crippen LogP contribution < -0.4 is 10.1 Å². The van der Waals surface area contributed by atoms with E-state index in [4.69, 9.17) is 4.74 Å². The van der Waals surface area contributed by atoms with E-state index in [1.54, 1.807) is 25.6 Å². The molecule has 1 fully saturated rings. The Morgan fingerprint density at radius 2 is 2.12 bits per heavy atom. The molecule has 1 aliphatic heterocycles. The van der Waals surface area contributed by atoms with Crippen LogP contribution in [0.25, 0.3) is 0 Å². The van der Waals surface area contributed by atoms with Crippen molar-refractivity contribution in [2.45, 2.75) is 19.8 Å². The van der Waals surface area contributed by atoms with Gasteiger partial charge in [-0.15, -0.1) is 0 Å². The van der Waals surface area contributed by atoms with Crippen molar-refractivity contribution in [3.63, 3.8) is 0 Å². The fourth-order valence-electron chi connectivity index (χ4n) is 2.21. The number of pyridine rings is 1. The van der Waals surface area contributed by atoms with Crippen molar-refractivity contribution in [3.8, 4) is 5.75 Å². The Bertz CT molecular complexity index is 412. The molecule has 0 unspecified atom stereocenters. The molecule has 92 valence electrons. The molecule has 1 aliphatic rings. The summed E-state index contributed by atoms with van der Waals surface area (Å²) < 4.78 is 5.10. The van der Waals surface area contributed by atoms with Gasteiger partial charge in [0.25, 0.3) is 0 Å². The van der Waals surface area contributed by atoms with Crippen LogP contribution in [0.2, 0.25) is 0 Å².